The quantitative estimate of drug-likeness (QED) is 0.259. The molecule has 0 saturated carbocycles. The molecule has 1 heterocycles. The average molecular weight is 550 g/mol. The Hall–Kier alpha value is -4.36. The molecule has 4 aromatic carbocycles. The summed E-state index contributed by atoms with van der Waals surface area (Å²) in [5.74, 6) is 0.00741. The molecule has 40 heavy (non-hydrogen) atoms. The number of thioether (sulfide) groups is 1. The minimum absolute atomic E-state index is 0.0793. The third-order valence-electron chi connectivity index (χ3n) is 6.98. The first-order valence-electron chi connectivity index (χ1n) is 13.3. The predicted molar refractivity (Wildman–Crippen MR) is 160 cm³/mol. The van der Waals surface area contributed by atoms with Crippen LogP contribution in [0.25, 0.3) is 0 Å². The van der Waals surface area contributed by atoms with E-state index in [0.717, 1.165) is 17.5 Å². The van der Waals surface area contributed by atoms with Crippen molar-refractivity contribution in [2.24, 2.45) is 0 Å². The van der Waals surface area contributed by atoms with Crippen LogP contribution in [0.4, 0.5) is 5.69 Å². The molecular weight excluding hydrogens is 518 g/mol. The normalized spacial score (nSPS) is 15.5. The van der Waals surface area contributed by atoms with E-state index in [9.17, 15) is 14.4 Å². The second-order valence-electron chi connectivity index (χ2n) is 9.71. The molecule has 0 unspecified atom stereocenters. The number of hydrogen-bond donors (Lipinski definition) is 2. The fourth-order valence-corrected chi connectivity index (χ4v) is 5.97. The monoisotopic (exact) mass is 549 g/mol. The van der Waals surface area contributed by atoms with Gasteiger partial charge in [0.25, 0.3) is 11.8 Å². The number of nitrogens with zero attached hydrogens (tertiary/aromatic N) is 1. The number of hydrogen-bond acceptors (Lipinski definition) is 4. The van der Waals surface area contributed by atoms with Crippen LogP contribution in [0.3, 0.4) is 0 Å². The van der Waals surface area contributed by atoms with Gasteiger partial charge < -0.3 is 15.5 Å². The predicted octanol–water partition coefficient (Wildman–Crippen LogP) is 6.25. The van der Waals surface area contributed by atoms with Gasteiger partial charge in [0, 0.05) is 12.1 Å². The van der Waals surface area contributed by atoms with E-state index in [1.165, 1.54) is 5.56 Å². The maximum atomic E-state index is 13.1. The zero-order chi connectivity index (χ0) is 27.9. The van der Waals surface area contributed by atoms with Gasteiger partial charge in [-0.05, 0) is 54.3 Å². The van der Waals surface area contributed by atoms with Crippen LogP contribution in [0.5, 0.6) is 0 Å². The zero-order valence-electron chi connectivity index (χ0n) is 22.2. The molecule has 2 N–H and O–H groups in total. The highest BCUT2D eigenvalue weighted by Crippen LogP contribution is 2.38. The largest absolute Gasteiger partial charge is 0.345 e. The Bertz CT molecular complexity index is 1480. The summed E-state index contributed by atoms with van der Waals surface area (Å²) < 4.78 is 0. The molecule has 1 aliphatic heterocycles. The lowest BCUT2D eigenvalue weighted by Gasteiger charge is -2.24. The Kier molecular flexibility index (Phi) is 8.62. The molecule has 0 aromatic heterocycles. The van der Waals surface area contributed by atoms with Crippen molar-refractivity contribution in [1.29, 1.82) is 0 Å². The second-order valence-corrected chi connectivity index (χ2v) is 10.8. The molecule has 3 amide bonds. The smallest absolute Gasteiger partial charge is 0.255 e. The van der Waals surface area contributed by atoms with Gasteiger partial charge in [-0.3, -0.25) is 14.4 Å². The van der Waals surface area contributed by atoms with Crippen molar-refractivity contribution >= 4 is 35.2 Å². The fraction of sp³-hybridized carbons (Fsp3) is 0.182. The van der Waals surface area contributed by atoms with E-state index in [4.69, 9.17) is 0 Å². The number of carbonyl (C=O) groups is 3. The van der Waals surface area contributed by atoms with Crippen LogP contribution < -0.4 is 10.6 Å². The number of anilines is 1. The van der Waals surface area contributed by atoms with Crippen molar-refractivity contribution in [3.63, 3.8) is 0 Å². The molecule has 0 spiro atoms. The Balaban J connectivity index is 1.24. The van der Waals surface area contributed by atoms with Gasteiger partial charge in [0.2, 0.25) is 5.91 Å². The lowest BCUT2D eigenvalue weighted by Crippen LogP contribution is -2.30. The van der Waals surface area contributed by atoms with Gasteiger partial charge in [-0.25, -0.2) is 0 Å². The molecule has 202 valence electrons. The molecule has 7 heteroatoms. The topological polar surface area (TPSA) is 78.5 Å². The minimum atomic E-state index is -0.306. The van der Waals surface area contributed by atoms with Crippen molar-refractivity contribution in [1.82, 2.24) is 10.2 Å². The van der Waals surface area contributed by atoms with Gasteiger partial charge in [0.05, 0.1) is 23.0 Å². The Morgan fingerprint density at radius 2 is 1.50 bits per heavy atom. The molecule has 6 nitrogen and oxygen atoms in total. The Morgan fingerprint density at radius 1 is 0.850 bits per heavy atom. The number of para-hydroxylation sites is 1. The molecule has 2 atom stereocenters. The molecule has 0 aliphatic carbocycles. The minimum Gasteiger partial charge on any atom is -0.345 e. The van der Waals surface area contributed by atoms with Crippen molar-refractivity contribution in [3.05, 3.63) is 137 Å². The average Bonchev–Trinajstić information content (AvgIpc) is 3.37. The summed E-state index contributed by atoms with van der Waals surface area (Å²) in [7, 11) is 0. The summed E-state index contributed by atoms with van der Waals surface area (Å²) in [5.41, 5.74) is 4.49. The first-order valence-corrected chi connectivity index (χ1v) is 14.4. The van der Waals surface area contributed by atoms with Crippen LogP contribution in [0.1, 0.15) is 55.7 Å². The zero-order valence-corrected chi connectivity index (χ0v) is 23.1. The fourth-order valence-electron chi connectivity index (χ4n) is 4.75. The summed E-state index contributed by atoms with van der Waals surface area (Å²) in [6.45, 7) is 2.57. The third kappa shape index (κ3) is 6.43. The van der Waals surface area contributed by atoms with Crippen molar-refractivity contribution in [2.75, 3.05) is 17.6 Å². The maximum Gasteiger partial charge on any atom is 0.255 e. The number of rotatable bonds is 9. The molecule has 1 aliphatic rings. The molecule has 0 bridgehead atoms. The highest BCUT2D eigenvalue weighted by atomic mass is 32.2. The SMILES string of the molecule is C[C@@H](NC(=O)c1ccccc1NC(=O)c1ccc([C@@H]2SCC(=O)N2CCc2ccccc2)cc1)c1ccccc1. The number of amides is 3. The Morgan fingerprint density at radius 3 is 2.23 bits per heavy atom. The van der Waals surface area contributed by atoms with E-state index < -0.39 is 0 Å². The van der Waals surface area contributed by atoms with Crippen LogP contribution in [0.2, 0.25) is 0 Å². The summed E-state index contributed by atoms with van der Waals surface area (Å²) in [5, 5.41) is 5.82. The molecule has 5 rings (SSSR count). The Labute approximate surface area is 238 Å². The molecule has 1 saturated heterocycles. The van der Waals surface area contributed by atoms with E-state index in [1.807, 2.05) is 72.5 Å². The first-order chi connectivity index (χ1) is 19.5. The van der Waals surface area contributed by atoms with E-state index in [1.54, 1.807) is 48.2 Å². The van der Waals surface area contributed by atoms with Gasteiger partial charge in [-0.2, -0.15) is 0 Å². The highest BCUT2D eigenvalue weighted by molar-refractivity contribution is 8.00. The van der Waals surface area contributed by atoms with E-state index >= 15 is 0 Å². The van der Waals surface area contributed by atoms with Gasteiger partial charge in [-0.1, -0.05) is 84.9 Å². The molecular formula is C33H31N3O3S. The third-order valence-corrected chi connectivity index (χ3v) is 8.23. The van der Waals surface area contributed by atoms with Crippen LogP contribution in [0.15, 0.2) is 109 Å². The summed E-state index contributed by atoms with van der Waals surface area (Å²) in [6.07, 6.45) is 0.793. The first kappa shape index (κ1) is 27.2. The number of benzene rings is 4. The van der Waals surface area contributed by atoms with Crippen molar-refractivity contribution < 1.29 is 14.4 Å². The highest BCUT2D eigenvalue weighted by Gasteiger charge is 2.32. The van der Waals surface area contributed by atoms with Crippen molar-refractivity contribution in [3.8, 4) is 0 Å². The number of carbonyl (C=O) groups excluding carboxylic acids is 3. The van der Waals surface area contributed by atoms with Crippen LogP contribution in [-0.2, 0) is 11.2 Å². The van der Waals surface area contributed by atoms with Gasteiger partial charge in [-0.15, -0.1) is 11.8 Å². The van der Waals surface area contributed by atoms with Crippen LogP contribution >= 0.6 is 11.8 Å². The van der Waals surface area contributed by atoms with Crippen LogP contribution in [0, 0.1) is 0 Å². The maximum absolute atomic E-state index is 13.1. The molecule has 4 aromatic rings. The van der Waals surface area contributed by atoms with E-state index in [2.05, 4.69) is 22.8 Å². The van der Waals surface area contributed by atoms with Gasteiger partial charge in [0.1, 0.15) is 5.37 Å². The molecule has 0 radical (unpaired) electrons. The summed E-state index contributed by atoms with van der Waals surface area (Å²) >= 11 is 1.60. The summed E-state index contributed by atoms with van der Waals surface area (Å²) in [6, 6.07) is 34.0. The van der Waals surface area contributed by atoms with Gasteiger partial charge >= 0.3 is 0 Å². The second kappa shape index (κ2) is 12.7. The van der Waals surface area contributed by atoms with Crippen LogP contribution in [-0.4, -0.2) is 34.9 Å². The lowest BCUT2D eigenvalue weighted by atomic mass is 10.1. The molecule has 1 fully saturated rings. The number of nitrogens with one attached hydrogen (secondary N) is 2. The van der Waals surface area contributed by atoms with E-state index in [0.29, 0.717) is 29.1 Å². The van der Waals surface area contributed by atoms with Gasteiger partial charge in [0.15, 0.2) is 0 Å². The van der Waals surface area contributed by atoms with Crippen molar-refractivity contribution in [2.45, 2.75) is 24.8 Å². The lowest BCUT2D eigenvalue weighted by molar-refractivity contribution is -0.128. The van der Waals surface area contributed by atoms with E-state index in [-0.39, 0.29) is 29.1 Å². The summed E-state index contributed by atoms with van der Waals surface area (Å²) in [4.78, 5) is 40.7. The standard InChI is InChI=1S/C33H31N3O3S/c1-23(25-12-6-3-7-13-25)34-32(39)28-14-8-9-15-29(28)35-31(38)26-16-18-27(19-17-26)33-36(30(37)22-40-33)21-20-24-10-4-2-5-11-24/h2-19,23,33H,20-22H2,1H3,(H,34,39)(H,35,38)/t23-,33+/m1/s1.